The molecule has 20 heavy (non-hydrogen) atoms. The van der Waals surface area contributed by atoms with Crippen molar-refractivity contribution in [1.29, 1.82) is 0 Å². The highest BCUT2D eigenvalue weighted by molar-refractivity contribution is 6.31. The quantitative estimate of drug-likeness (QED) is 0.862. The highest BCUT2D eigenvalue weighted by atomic mass is 35.5. The first kappa shape index (κ1) is 15.7. The van der Waals surface area contributed by atoms with E-state index in [-0.39, 0.29) is 0 Å². The molecule has 0 aliphatic carbocycles. The van der Waals surface area contributed by atoms with Crippen LogP contribution >= 0.6 is 11.6 Å². The molecule has 0 amide bonds. The summed E-state index contributed by atoms with van der Waals surface area (Å²) in [7, 11) is 0. The molecule has 3 heteroatoms. The van der Waals surface area contributed by atoms with Gasteiger partial charge in [-0.2, -0.15) is 0 Å². The maximum absolute atomic E-state index is 6.41. The highest BCUT2D eigenvalue weighted by Crippen LogP contribution is 2.30. The van der Waals surface area contributed by atoms with E-state index < -0.39 is 0 Å². The van der Waals surface area contributed by atoms with Crippen LogP contribution in [0, 0.1) is 5.92 Å². The van der Waals surface area contributed by atoms with E-state index in [2.05, 4.69) is 36.2 Å². The van der Waals surface area contributed by atoms with Crippen molar-refractivity contribution in [3.63, 3.8) is 0 Å². The van der Waals surface area contributed by atoms with E-state index in [1.807, 2.05) is 6.07 Å². The zero-order valence-electron chi connectivity index (χ0n) is 12.8. The van der Waals surface area contributed by atoms with E-state index in [1.165, 1.54) is 36.9 Å². The van der Waals surface area contributed by atoms with Gasteiger partial charge in [0.15, 0.2) is 0 Å². The highest BCUT2D eigenvalue weighted by Gasteiger charge is 2.18. The van der Waals surface area contributed by atoms with Gasteiger partial charge < -0.3 is 10.2 Å². The van der Waals surface area contributed by atoms with E-state index in [4.69, 9.17) is 11.6 Å². The van der Waals surface area contributed by atoms with Crippen molar-refractivity contribution in [2.24, 2.45) is 5.92 Å². The molecule has 0 spiro atoms. The van der Waals surface area contributed by atoms with E-state index in [0.717, 1.165) is 37.1 Å². The third-order valence-electron chi connectivity index (χ3n) is 4.41. The van der Waals surface area contributed by atoms with Gasteiger partial charge >= 0.3 is 0 Å². The third kappa shape index (κ3) is 3.89. The molecule has 1 fully saturated rings. The Bertz CT molecular complexity index is 419. The minimum atomic E-state index is 0.860. The van der Waals surface area contributed by atoms with Gasteiger partial charge in [0, 0.05) is 35.9 Å². The van der Waals surface area contributed by atoms with Crippen LogP contribution in [0.5, 0.6) is 0 Å². The Kier molecular flexibility index (Phi) is 6.18. The van der Waals surface area contributed by atoms with Gasteiger partial charge in [-0.3, -0.25) is 0 Å². The normalized spacial score (nSPS) is 19.9. The molecule has 112 valence electrons. The molecule has 1 N–H and O–H groups in total. The molecular formula is C17H27ClN2. The summed E-state index contributed by atoms with van der Waals surface area (Å²) in [6.45, 7) is 8.61. The van der Waals surface area contributed by atoms with Crippen LogP contribution in [0.25, 0.3) is 0 Å². The van der Waals surface area contributed by atoms with Gasteiger partial charge in [-0.25, -0.2) is 0 Å². The molecular weight excluding hydrogens is 268 g/mol. The number of benzene rings is 1. The number of anilines is 1. The number of nitrogens with zero attached hydrogens (tertiary/aromatic N) is 1. The SMILES string of the molecule is CCNCc1c(Cl)cccc1N1CCCC(CC)CC1. The lowest BCUT2D eigenvalue weighted by molar-refractivity contribution is 0.459. The molecule has 1 aliphatic rings. The molecule has 2 rings (SSSR count). The zero-order valence-corrected chi connectivity index (χ0v) is 13.5. The second-order valence-electron chi connectivity index (χ2n) is 5.71. The summed E-state index contributed by atoms with van der Waals surface area (Å²) in [6.07, 6.45) is 5.29. The smallest absolute Gasteiger partial charge is 0.0471 e. The number of rotatable bonds is 5. The van der Waals surface area contributed by atoms with Gasteiger partial charge in [0.2, 0.25) is 0 Å². The fourth-order valence-corrected chi connectivity index (χ4v) is 3.32. The molecule has 1 heterocycles. The second-order valence-corrected chi connectivity index (χ2v) is 6.12. The first-order chi connectivity index (χ1) is 9.76. The predicted octanol–water partition coefficient (Wildman–Crippen LogP) is 4.47. The van der Waals surface area contributed by atoms with Crippen LogP contribution in [0.15, 0.2) is 18.2 Å². The summed E-state index contributed by atoms with van der Waals surface area (Å²) in [5.41, 5.74) is 2.58. The summed E-state index contributed by atoms with van der Waals surface area (Å²) in [6, 6.07) is 6.31. The summed E-state index contributed by atoms with van der Waals surface area (Å²) in [5, 5.41) is 4.30. The van der Waals surface area contributed by atoms with Crippen molar-refractivity contribution in [2.45, 2.75) is 46.1 Å². The molecule has 0 bridgehead atoms. The molecule has 1 atom stereocenters. The Morgan fingerprint density at radius 1 is 1.25 bits per heavy atom. The van der Waals surface area contributed by atoms with Gasteiger partial charge in [-0.05, 0) is 43.9 Å². The molecule has 0 saturated carbocycles. The van der Waals surface area contributed by atoms with E-state index in [0.29, 0.717) is 0 Å². The number of nitrogens with one attached hydrogen (secondary N) is 1. The van der Waals surface area contributed by atoms with Crippen molar-refractivity contribution < 1.29 is 0 Å². The number of hydrogen-bond acceptors (Lipinski definition) is 2. The van der Waals surface area contributed by atoms with Crippen molar-refractivity contribution in [2.75, 3.05) is 24.5 Å². The van der Waals surface area contributed by atoms with Crippen LogP contribution in [0.4, 0.5) is 5.69 Å². The Morgan fingerprint density at radius 2 is 2.10 bits per heavy atom. The third-order valence-corrected chi connectivity index (χ3v) is 4.77. The van der Waals surface area contributed by atoms with Crippen LogP contribution in [0.1, 0.15) is 45.1 Å². The van der Waals surface area contributed by atoms with E-state index in [9.17, 15) is 0 Å². The topological polar surface area (TPSA) is 15.3 Å². The molecule has 1 aromatic carbocycles. The maximum Gasteiger partial charge on any atom is 0.0471 e. The molecule has 2 nitrogen and oxygen atoms in total. The lowest BCUT2D eigenvalue weighted by Gasteiger charge is -2.26. The van der Waals surface area contributed by atoms with Crippen LogP contribution in [-0.4, -0.2) is 19.6 Å². The minimum absolute atomic E-state index is 0.860. The predicted molar refractivity (Wildman–Crippen MR) is 88.7 cm³/mol. The molecule has 1 aliphatic heterocycles. The average Bonchev–Trinajstić information content (AvgIpc) is 2.71. The standard InChI is InChI=1S/C17H27ClN2/c1-3-14-7-6-11-20(12-10-14)17-9-5-8-16(18)15(17)13-19-4-2/h5,8-9,14,19H,3-4,6-7,10-13H2,1-2H3. The van der Waals surface area contributed by atoms with Gasteiger partial charge in [0.25, 0.3) is 0 Å². The summed E-state index contributed by atoms with van der Waals surface area (Å²) >= 11 is 6.41. The van der Waals surface area contributed by atoms with E-state index in [1.54, 1.807) is 0 Å². The van der Waals surface area contributed by atoms with Crippen LogP contribution in [0.3, 0.4) is 0 Å². The maximum atomic E-state index is 6.41. The number of halogens is 1. The van der Waals surface area contributed by atoms with Crippen LogP contribution < -0.4 is 10.2 Å². The number of hydrogen-bond donors (Lipinski definition) is 1. The first-order valence-corrected chi connectivity index (χ1v) is 8.37. The van der Waals surface area contributed by atoms with Crippen molar-refractivity contribution in [3.8, 4) is 0 Å². The Labute approximate surface area is 128 Å². The van der Waals surface area contributed by atoms with Gasteiger partial charge in [0.1, 0.15) is 0 Å². The summed E-state index contributed by atoms with van der Waals surface area (Å²) in [5.74, 6) is 0.899. The lowest BCUT2D eigenvalue weighted by Crippen LogP contribution is -2.26. The van der Waals surface area contributed by atoms with Gasteiger partial charge in [-0.1, -0.05) is 37.9 Å². The minimum Gasteiger partial charge on any atom is -0.371 e. The molecule has 1 unspecified atom stereocenters. The first-order valence-electron chi connectivity index (χ1n) is 7.99. The molecule has 1 saturated heterocycles. The average molecular weight is 295 g/mol. The molecule has 1 aromatic rings. The lowest BCUT2D eigenvalue weighted by atomic mass is 9.98. The molecule has 0 radical (unpaired) electrons. The Hall–Kier alpha value is -0.730. The van der Waals surface area contributed by atoms with Gasteiger partial charge in [0.05, 0.1) is 0 Å². The largest absolute Gasteiger partial charge is 0.371 e. The van der Waals surface area contributed by atoms with Crippen molar-refractivity contribution >= 4 is 17.3 Å². The Balaban J connectivity index is 2.16. The van der Waals surface area contributed by atoms with Crippen LogP contribution in [-0.2, 0) is 6.54 Å². The van der Waals surface area contributed by atoms with E-state index >= 15 is 0 Å². The van der Waals surface area contributed by atoms with Crippen molar-refractivity contribution in [3.05, 3.63) is 28.8 Å². The Morgan fingerprint density at radius 3 is 2.85 bits per heavy atom. The van der Waals surface area contributed by atoms with Crippen molar-refractivity contribution in [1.82, 2.24) is 5.32 Å². The monoisotopic (exact) mass is 294 g/mol. The second kappa shape index (κ2) is 7.90. The summed E-state index contributed by atoms with van der Waals surface area (Å²) in [4.78, 5) is 2.54. The van der Waals surface area contributed by atoms with Crippen LogP contribution in [0.2, 0.25) is 5.02 Å². The zero-order chi connectivity index (χ0) is 14.4. The fraction of sp³-hybridized carbons (Fsp3) is 0.647. The van der Waals surface area contributed by atoms with Gasteiger partial charge in [-0.15, -0.1) is 0 Å². The summed E-state index contributed by atoms with van der Waals surface area (Å²) < 4.78 is 0. The molecule has 0 aromatic heterocycles. The fourth-order valence-electron chi connectivity index (χ4n) is 3.08.